The second-order valence-electron chi connectivity index (χ2n) is 5.55. The van der Waals surface area contributed by atoms with E-state index in [4.69, 9.17) is 27.9 Å². The molecule has 0 spiro atoms. The third-order valence-electron chi connectivity index (χ3n) is 3.75. The number of halogens is 3. The van der Waals surface area contributed by atoms with Gasteiger partial charge in [-0.15, -0.1) is 0 Å². The molecule has 1 heterocycles. The number of carbonyl (C=O) groups is 2. The van der Waals surface area contributed by atoms with Gasteiger partial charge in [-0.2, -0.15) is 5.10 Å². The Balaban J connectivity index is 1.66. The number of hydrazine groups is 1. The quantitative estimate of drug-likeness (QED) is 0.441. The first-order valence-electron chi connectivity index (χ1n) is 7.84. The number of benzene rings is 2. The molecular weight excluding hydrogens is 410 g/mol. The van der Waals surface area contributed by atoms with Crippen LogP contribution in [-0.4, -0.2) is 29.1 Å². The first-order chi connectivity index (χ1) is 13.4. The lowest BCUT2D eigenvalue weighted by Crippen LogP contribution is -2.41. The van der Waals surface area contributed by atoms with Gasteiger partial charge in [-0.25, -0.2) is 4.39 Å². The van der Waals surface area contributed by atoms with Crippen LogP contribution in [0.1, 0.15) is 20.8 Å². The van der Waals surface area contributed by atoms with Crippen LogP contribution in [0.2, 0.25) is 10.0 Å². The lowest BCUT2D eigenvalue weighted by molar-refractivity contribution is 0.0844. The second-order valence-corrected chi connectivity index (χ2v) is 6.36. The van der Waals surface area contributed by atoms with E-state index in [1.54, 1.807) is 31.4 Å². The van der Waals surface area contributed by atoms with Crippen LogP contribution in [0.3, 0.4) is 0 Å². The van der Waals surface area contributed by atoms with Gasteiger partial charge in [0.25, 0.3) is 11.8 Å². The zero-order chi connectivity index (χ0) is 20.3. The van der Waals surface area contributed by atoms with Crippen molar-refractivity contribution in [3.05, 3.63) is 69.6 Å². The highest BCUT2D eigenvalue weighted by atomic mass is 35.5. The van der Waals surface area contributed by atoms with E-state index in [2.05, 4.69) is 21.0 Å². The van der Waals surface area contributed by atoms with E-state index in [-0.39, 0.29) is 21.3 Å². The van der Waals surface area contributed by atoms with Crippen LogP contribution < -0.4 is 15.6 Å². The van der Waals surface area contributed by atoms with Crippen molar-refractivity contribution < 1.29 is 18.7 Å². The molecule has 7 nitrogen and oxygen atoms in total. The Hall–Kier alpha value is -3.10. The standard InChI is InChI=1S/C18H13Cl2FN4O3/c1-28-10-4-2-9(3-5-10)15-8-16(23-22-15)18(27)25-24-17(26)11-6-14(21)13(20)7-12(11)19/h2-8H,1H3,(H,22,23)(H,24,26)(H,25,27). The highest BCUT2D eigenvalue weighted by Crippen LogP contribution is 2.24. The van der Waals surface area contributed by atoms with Crippen LogP contribution >= 0.6 is 23.2 Å². The molecule has 28 heavy (non-hydrogen) atoms. The average molecular weight is 423 g/mol. The molecule has 0 bridgehead atoms. The van der Waals surface area contributed by atoms with Crippen molar-refractivity contribution in [1.29, 1.82) is 0 Å². The van der Waals surface area contributed by atoms with Gasteiger partial charge in [0, 0.05) is 5.56 Å². The van der Waals surface area contributed by atoms with E-state index >= 15 is 0 Å². The number of rotatable bonds is 4. The van der Waals surface area contributed by atoms with E-state index in [1.807, 2.05) is 0 Å². The average Bonchev–Trinajstić information content (AvgIpc) is 3.19. The first-order valence-corrected chi connectivity index (χ1v) is 8.59. The van der Waals surface area contributed by atoms with E-state index in [0.29, 0.717) is 11.4 Å². The fourth-order valence-corrected chi connectivity index (χ4v) is 2.76. The maximum absolute atomic E-state index is 13.5. The molecule has 0 unspecified atom stereocenters. The van der Waals surface area contributed by atoms with Gasteiger partial charge < -0.3 is 4.74 Å². The number of amides is 2. The molecule has 0 fully saturated rings. The number of nitrogens with one attached hydrogen (secondary N) is 3. The molecule has 3 aromatic rings. The van der Waals surface area contributed by atoms with Gasteiger partial charge in [-0.3, -0.25) is 25.5 Å². The highest BCUT2D eigenvalue weighted by Gasteiger charge is 2.16. The van der Waals surface area contributed by atoms with Crippen molar-refractivity contribution in [3.63, 3.8) is 0 Å². The third kappa shape index (κ3) is 4.24. The van der Waals surface area contributed by atoms with Crippen molar-refractivity contribution in [2.75, 3.05) is 7.11 Å². The Morgan fingerprint density at radius 3 is 2.39 bits per heavy atom. The van der Waals surface area contributed by atoms with Crippen molar-refractivity contribution in [1.82, 2.24) is 21.0 Å². The Bertz CT molecular complexity index is 1040. The van der Waals surface area contributed by atoms with Crippen LogP contribution in [0.15, 0.2) is 42.5 Å². The summed E-state index contributed by atoms with van der Waals surface area (Å²) in [5.41, 5.74) is 5.58. The summed E-state index contributed by atoms with van der Waals surface area (Å²) in [5.74, 6) is -1.56. The van der Waals surface area contributed by atoms with Gasteiger partial charge in [-0.05, 0) is 42.5 Å². The molecule has 0 aliphatic carbocycles. The van der Waals surface area contributed by atoms with Crippen LogP contribution in [0.25, 0.3) is 11.3 Å². The summed E-state index contributed by atoms with van der Waals surface area (Å²) < 4.78 is 18.6. The summed E-state index contributed by atoms with van der Waals surface area (Å²) in [7, 11) is 1.56. The maximum Gasteiger partial charge on any atom is 0.287 e. The molecule has 10 heteroatoms. The summed E-state index contributed by atoms with van der Waals surface area (Å²) >= 11 is 11.5. The summed E-state index contributed by atoms with van der Waals surface area (Å²) in [6.45, 7) is 0. The predicted molar refractivity (Wildman–Crippen MR) is 102 cm³/mol. The van der Waals surface area contributed by atoms with Gasteiger partial charge >= 0.3 is 0 Å². The fourth-order valence-electron chi connectivity index (χ4n) is 2.29. The number of ether oxygens (including phenoxy) is 1. The molecule has 2 aromatic carbocycles. The lowest BCUT2D eigenvalue weighted by atomic mass is 10.1. The molecule has 0 radical (unpaired) electrons. The van der Waals surface area contributed by atoms with E-state index in [1.165, 1.54) is 6.07 Å². The minimum absolute atomic E-state index is 0.0542. The molecule has 144 valence electrons. The van der Waals surface area contributed by atoms with Gasteiger partial charge in [-0.1, -0.05) is 23.2 Å². The largest absolute Gasteiger partial charge is 0.497 e. The molecule has 0 aliphatic rings. The smallest absolute Gasteiger partial charge is 0.287 e. The van der Waals surface area contributed by atoms with Crippen molar-refractivity contribution in [2.24, 2.45) is 0 Å². The monoisotopic (exact) mass is 422 g/mol. The number of hydrogen-bond acceptors (Lipinski definition) is 4. The fraction of sp³-hybridized carbons (Fsp3) is 0.0556. The molecule has 0 saturated carbocycles. The SMILES string of the molecule is COc1ccc(-c2cc(C(=O)NNC(=O)c3cc(F)c(Cl)cc3Cl)[nH]n2)cc1. The van der Waals surface area contributed by atoms with Gasteiger partial charge in [0.1, 0.15) is 17.3 Å². The highest BCUT2D eigenvalue weighted by molar-refractivity contribution is 6.36. The van der Waals surface area contributed by atoms with Gasteiger partial charge in [0.15, 0.2) is 0 Å². The van der Waals surface area contributed by atoms with E-state index < -0.39 is 17.6 Å². The topological polar surface area (TPSA) is 96.1 Å². The van der Waals surface area contributed by atoms with E-state index in [9.17, 15) is 14.0 Å². The molecule has 0 atom stereocenters. The Labute approximate surface area is 168 Å². The van der Waals surface area contributed by atoms with Crippen LogP contribution in [0, 0.1) is 5.82 Å². The molecule has 3 rings (SSSR count). The molecule has 0 saturated heterocycles. The number of H-pyrrole nitrogens is 1. The number of nitrogens with zero attached hydrogens (tertiary/aromatic N) is 1. The number of carbonyl (C=O) groups excluding carboxylic acids is 2. The lowest BCUT2D eigenvalue weighted by Gasteiger charge is -2.08. The summed E-state index contributed by atoms with van der Waals surface area (Å²) in [6, 6.07) is 10.6. The predicted octanol–water partition coefficient (Wildman–Crippen LogP) is 3.61. The molecule has 0 aliphatic heterocycles. The first kappa shape index (κ1) is 19.7. The van der Waals surface area contributed by atoms with Crippen LogP contribution in [0.5, 0.6) is 5.75 Å². The van der Waals surface area contributed by atoms with Gasteiger partial charge in [0.05, 0.1) is 28.4 Å². The van der Waals surface area contributed by atoms with Crippen molar-refractivity contribution >= 4 is 35.0 Å². The number of hydrogen-bond donors (Lipinski definition) is 3. The van der Waals surface area contributed by atoms with Crippen LogP contribution in [0.4, 0.5) is 4.39 Å². The number of aromatic amines is 1. The Kier molecular flexibility index (Phi) is 5.81. The van der Waals surface area contributed by atoms with E-state index in [0.717, 1.165) is 17.7 Å². The van der Waals surface area contributed by atoms with Crippen molar-refractivity contribution in [3.8, 4) is 17.0 Å². The summed E-state index contributed by atoms with van der Waals surface area (Å²) in [5, 5.41) is 6.37. The van der Waals surface area contributed by atoms with Crippen LogP contribution in [-0.2, 0) is 0 Å². The summed E-state index contributed by atoms with van der Waals surface area (Å²) in [6.07, 6.45) is 0. The number of aromatic nitrogens is 2. The third-order valence-corrected chi connectivity index (χ3v) is 4.35. The molecule has 1 aromatic heterocycles. The molecule has 2 amide bonds. The maximum atomic E-state index is 13.5. The molecular formula is C18H13Cl2FN4O3. The summed E-state index contributed by atoms with van der Waals surface area (Å²) in [4.78, 5) is 24.3. The minimum Gasteiger partial charge on any atom is -0.497 e. The normalized spacial score (nSPS) is 10.4. The zero-order valence-electron chi connectivity index (χ0n) is 14.3. The Morgan fingerprint density at radius 1 is 1.04 bits per heavy atom. The Morgan fingerprint density at radius 2 is 1.71 bits per heavy atom. The van der Waals surface area contributed by atoms with Gasteiger partial charge in [0.2, 0.25) is 0 Å². The molecule has 3 N–H and O–H groups in total. The number of methoxy groups -OCH3 is 1. The van der Waals surface area contributed by atoms with Crippen molar-refractivity contribution in [2.45, 2.75) is 0 Å². The minimum atomic E-state index is -0.805. The zero-order valence-corrected chi connectivity index (χ0v) is 15.9. The second kappa shape index (κ2) is 8.28.